The normalized spacial score (nSPS) is 18.7. The van der Waals surface area contributed by atoms with E-state index >= 15 is 0 Å². The summed E-state index contributed by atoms with van der Waals surface area (Å²) in [6, 6.07) is 14.3. The molecule has 0 aromatic heterocycles. The number of halogens is 1. The summed E-state index contributed by atoms with van der Waals surface area (Å²) in [6.45, 7) is 7.33. The van der Waals surface area contributed by atoms with E-state index in [1.165, 1.54) is 11.6 Å². The highest BCUT2D eigenvalue weighted by Gasteiger charge is 2.46. The fourth-order valence-electron chi connectivity index (χ4n) is 4.37. The molecule has 2 aromatic carbocycles. The van der Waals surface area contributed by atoms with Crippen molar-refractivity contribution in [3.05, 3.63) is 78.1 Å². The summed E-state index contributed by atoms with van der Waals surface area (Å²) in [6.07, 6.45) is 3.94. The molecule has 3 nitrogen and oxygen atoms in total. The second-order valence-corrected chi connectivity index (χ2v) is 7.26. The molecule has 0 atom stereocenters. The summed E-state index contributed by atoms with van der Waals surface area (Å²) in [5, 5.41) is 0. The first-order valence-electron chi connectivity index (χ1n) is 9.14. The lowest BCUT2D eigenvalue weighted by atomic mass is 9.74. The number of hydrogen-bond donors (Lipinski definition) is 0. The zero-order valence-electron chi connectivity index (χ0n) is 14.8. The Balaban J connectivity index is 1.66. The Hall–Kier alpha value is -2.46. The minimum Gasteiger partial charge on any atom is -0.307 e. The van der Waals surface area contributed by atoms with Crippen molar-refractivity contribution in [3.8, 4) is 0 Å². The number of rotatable bonds is 3. The quantitative estimate of drug-likeness (QED) is 0.781. The van der Waals surface area contributed by atoms with Crippen molar-refractivity contribution in [3.63, 3.8) is 0 Å². The maximum Gasteiger partial charge on any atom is 0.261 e. The standard InChI is InChI=1S/C22H23FN2O/c1-2-13-24-14-11-22(12-15-24)16-25(20-10-6-4-8-18(20)22)21(26)17-7-3-5-9-19(17)23/h2-10H,1,11-16H2. The Kier molecular flexibility index (Phi) is 4.37. The number of carbonyl (C=O) groups excluding carboxylic acids is 1. The number of nitrogens with zero attached hydrogens (tertiary/aromatic N) is 2. The van der Waals surface area contributed by atoms with E-state index in [4.69, 9.17) is 0 Å². The summed E-state index contributed by atoms with van der Waals surface area (Å²) in [7, 11) is 0. The van der Waals surface area contributed by atoms with Crippen molar-refractivity contribution in [2.75, 3.05) is 31.1 Å². The Morgan fingerprint density at radius 2 is 1.81 bits per heavy atom. The Morgan fingerprint density at radius 1 is 1.12 bits per heavy atom. The first kappa shape index (κ1) is 17.0. The van der Waals surface area contributed by atoms with Crippen LogP contribution in [0.2, 0.25) is 0 Å². The predicted molar refractivity (Wildman–Crippen MR) is 102 cm³/mol. The molecule has 26 heavy (non-hydrogen) atoms. The largest absolute Gasteiger partial charge is 0.307 e. The van der Waals surface area contributed by atoms with Crippen molar-refractivity contribution in [2.45, 2.75) is 18.3 Å². The molecule has 4 rings (SSSR count). The molecule has 0 unspecified atom stereocenters. The molecule has 134 valence electrons. The van der Waals surface area contributed by atoms with Crippen molar-refractivity contribution in [1.82, 2.24) is 4.90 Å². The number of amides is 1. The highest BCUT2D eigenvalue weighted by atomic mass is 19.1. The highest BCUT2D eigenvalue weighted by Crippen LogP contribution is 2.47. The average Bonchev–Trinajstić information content (AvgIpc) is 2.99. The van der Waals surface area contributed by atoms with Crippen molar-refractivity contribution in [2.24, 2.45) is 0 Å². The van der Waals surface area contributed by atoms with Crippen LogP contribution in [-0.2, 0) is 5.41 Å². The summed E-state index contributed by atoms with van der Waals surface area (Å²) in [5.74, 6) is -0.710. The van der Waals surface area contributed by atoms with Gasteiger partial charge < -0.3 is 4.90 Å². The zero-order valence-corrected chi connectivity index (χ0v) is 14.8. The van der Waals surface area contributed by atoms with Gasteiger partial charge in [0.15, 0.2) is 0 Å². The molecular formula is C22H23FN2O. The second-order valence-electron chi connectivity index (χ2n) is 7.26. The molecule has 2 aliphatic heterocycles. The first-order valence-corrected chi connectivity index (χ1v) is 9.14. The number of para-hydroxylation sites is 1. The van der Waals surface area contributed by atoms with Crippen LogP contribution in [0.1, 0.15) is 28.8 Å². The number of likely N-dealkylation sites (tertiary alicyclic amines) is 1. The zero-order chi connectivity index (χ0) is 18.1. The maximum absolute atomic E-state index is 14.2. The summed E-state index contributed by atoms with van der Waals surface area (Å²) in [5.41, 5.74) is 2.26. The Bertz CT molecular complexity index is 840. The fourth-order valence-corrected chi connectivity index (χ4v) is 4.37. The van der Waals surface area contributed by atoms with Gasteiger partial charge in [0.05, 0.1) is 5.56 Å². The summed E-state index contributed by atoms with van der Waals surface area (Å²) < 4.78 is 14.2. The van der Waals surface area contributed by atoms with Crippen LogP contribution in [0.15, 0.2) is 61.2 Å². The summed E-state index contributed by atoms with van der Waals surface area (Å²) >= 11 is 0. The van der Waals surface area contributed by atoms with Gasteiger partial charge in [0, 0.05) is 24.2 Å². The van der Waals surface area contributed by atoms with Gasteiger partial charge in [-0.25, -0.2) is 4.39 Å². The van der Waals surface area contributed by atoms with E-state index in [2.05, 4.69) is 17.5 Å². The summed E-state index contributed by atoms with van der Waals surface area (Å²) in [4.78, 5) is 17.3. The molecule has 1 saturated heterocycles. The van der Waals surface area contributed by atoms with Crippen LogP contribution >= 0.6 is 0 Å². The molecule has 4 heteroatoms. The molecule has 0 radical (unpaired) electrons. The lowest BCUT2D eigenvalue weighted by Gasteiger charge is -2.39. The van der Waals surface area contributed by atoms with Gasteiger partial charge in [-0.1, -0.05) is 36.4 Å². The third-order valence-electron chi connectivity index (χ3n) is 5.78. The topological polar surface area (TPSA) is 23.6 Å². The van der Waals surface area contributed by atoms with Gasteiger partial charge >= 0.3 is 0 Å². The molecule has 2 aromatic rings. The van der Waals surface area contributed by atoms with Crippen LogP contribution in [0.4, 0.5) is 10.1 Å². The van der Waals surface area contributed by atoms with Crippen LogP contribution in [0, 0.1) is 5.82 Å². The SMILES string of the molecule is C=CCN1CCC2(CC1)CN(C(=O)c1ccccc1F)c1ccccc12. The van der Waals surface area contributed by atoms with Crippen LogP contribution in [0.3, 0.4) is 0 Å². The van der Waals surface area contributed by atoms with E-state index in [1.54, 1.807) is 23.1 Å². The van der Waals surface area contributed by atoms with E-state index < -0.39 is 5.82 Å². The number of fused-ring (bicyclic) bond motifs is 2. The predicted octanol–water partition coefficient (Wildman–Crippen LogP) is 4.01. The van der Waals surface area contributed by atoms with Gasteiger partial charge in [-0.3, -0.25) is 9.69 Å². The van der Waals surface area contributed by atoms with E-state index in [0.717, 1.165) is 38.2 Å². The lowest BCUT2D eigenvalue weighted by molar-refractivity contribution is 0.0974. The first-order chi connectivity index (χ1) is 12.6. The number of benzene rings is 2. The number of anilines is 1. The molecule has 2 aliphatic rings. The Morgan fingerprint density at radius 3 is 2.54 bits per heavy atom. The molecule has 2 heterocycles. The van der Waals surface area contributed by atoms with Gasteiger partial charge in [-0.2, -0.15) is 0 Å². The third-order valence-corrected chi connectivity index (χ3v) is 5.78. The number of hydrogen-bond acceptors (Lipinski definition) is 2. The molecule has 1 amide bonds. The molecule has 1 spiro atoms. The highest BCUT2D eigenvalue weighted by molar-refractivity contribution is 6.08. The van der Waals surface area contributed by atoms with Crippen LogP contribution < -0.4 is 4.90 Å². The fraction of sp³-hybridized carbons (Fsp3) is 0.318. The van der Waals surface area contributed by atoms with E-state index in [1.807, 2.05) is 24.3 Å². The van der Waals surface area contributed by atoms with Gasteiger partial charge in [0.25, 0.3) is 5.91 Å². The minimum atomic E-state index is -0.461. The van der Waals surface area contributed by atoms with Crippen LogP contribution in [0.5, 0.6) is 0 Å². The van der Waals surface area contributed by atoms with Crippen LogP contribution in [0.25, 0.3) is 0 Å². The van der Waals surface area contributed by atoms with E-state index in [9.17, 15) is 9.18 Å². The van der Waals surface area contributed by atoms with E-state index in [-0.39, 0.29) is 16.9 Å². The van der Waals surface area contributed by atoms with E-state index in [0.29, 0.717) is 6.54 Å². The third kappa shape index (κ3) is 2.74. The average molecular weight is 350 g/mol. The van der Waals surface area contributed by atoms with Gasteiger partial charge in [0.1, 0.15) is 5.82 Å². The number of piperidine rings is 1. The maximum atomic E-state index is 14.2. The van der Waals surface area contributed by atoms with Crippen molar-refractivity contribution >= 4 is 11.6 Å². The van der Waals surface area contributed by atoms with Crippen molar-refractivity contribution < 1.29 is 9.18 Å². The van der Waals surface area contributed by atoms with Gasteiger partial charge in [-0.05, 0) is 49.7 Å². The second kappa shape index (κ2) is 6.69. The molecule has 0 saturated carbocycles. The van der Waals surface area contributed by atoms with Gasteiger partial charge in [-0.15, -0.1) is 6.58 Å². The molecule has 0 aliphatic carbocycles. The van der Waals surface area contributed by atoms with Crippen LogP contribution in [-0.4, -0.2) is 37.0 Å². The lowest BCUT2D eigenvalue weighted by Crippen LogP contribution is -2.46. The molecule has 0 N–H and O–H groups in total. The molecule has 0 bridgehead atoms. The smallest absolute Gasteiger partial charge is 0.261 e. The van der Waals surface area contributed by atoms with Gasteiger partial charge in [0.2, 0.25) is 0 Å². The monoisotopic (exact) mass is 350 g/mol. The van der Waals surface area contributed by atoms with Crippen molar-refractivity contribution in [1.29, 1.82) is 0 Å². The molecule has 1 fully saturated rings. The Labute approximate surface area is 153 Å². The number of carbonyl (C=O) groups is 1. The minimum absolute atomic E-state index is 0.0326. The molecular weight excluding hydrogens is 327 g/mol.